The molecule has 1 saturated heterocycles. The Hall–Kier alpha value is -1.58. The third kappa shape index (κ3) is 1.51. The summed E-state index contributed by atoms with van der Waals surface area (Å²) in [5.41, 5.74) is 2.41. The summed E-state index contributed by atoms with van der Waals surface area (Å²) < 4.78 is 1.91. The fourth-order valence-corrected chi connectivity index (χ4v) is 2.68. The molecule has 2 fully saturated rings. The van der Waals surface area contributed by atoms with Crippen LogP contribution in [0.1, 0.15) is 37.2 Å². The summed E-state index contributed by atoms with van der Waals surface area (Å²) in [5, 5.41) is 4.38. The summed E-state index contributed by atoms with van der Waals surface area (Å²) in [5.74, 6) is 1.84. The van der Waals surface area contributed by atoms with Gasteiger partial charge in [-0.3, -0.25) is 0 Å². The average molecular weight is 228 g/mol. The van der Waals surface area contributed by atoms with Crippen LogP contribution in [0.15, 0.2) is 18.5 Å². The highest BCUT2D eigenvalue weighted by Gasteiger charge is 2.27. The summed E-state index contributed by atoms with van der Waals surface area (Å²) in [4.78, 5) is 7.18. The molecule has 88 valence electrons. The van der Waals surface area contributed by atoms with Crippen molar-refractivity contribution in [3.8, 4) is 0 Å². The zero-order valence-corrected chi connectivity index (χ0v) is 9.84. The first-order valence-electron chi connectivity index (χ1n) is 6.51. The zero-order valence-electron chi connectivity index (χ0n) is 9.84. The maximum Gasteiger partial charge on any atom is 0.160 e. The van der Waals surface area contributed by atoms with E-state index in [0.29, 0.717) is 5.92 Å². The predicted octanol–water partition coefficient (Wildman–Crippen LogP) is 2.21. The van der Waals surface area contributed by atoms with Crippen molar-refractivity contribution < 1.29 is 0 Å². The molecule has 1 saturated carbocycles. The lowest BCUT2D eigenvalue weighted by Crippen LogP contribution is -2.19. The Morgan fingerprint density at radius 2 is 2.00 bits per heavy atom. The van der Waals surface area contributed by atoms with E-state index in [-0.39, 0.29) is 0 Å². The van der Waals surface area contributed by atoms with Gasteiger partial charge in [0.05, 0.1) is 6.20 Å². The molecule has 0 unspecified atom stereocenters. The first kappa shape index (κ1) is 9.45. The molecule has 0 spiro atoms. The predicted molar refractivity (Wildman–Crippen MR) is 66.4 cm³/mol. The zero-order chi connectivity index (χ0) is 11.2. The van der Waals surface area contributed by atoms with E-state index in [9.17, 15) is 0 Å². The molecule has 0 radical (unpaired) electrons. The molecule has 2 aromatic rings. The molecule has 3 heterocycles. The lowest BCUT2D eigenvalue weighted by atomic mass is 10.2. The Morgan fingerprint density at radius 1 is 1.18 bits per heavy atom. The van der Waals surface area contributed by atoms with Gasteiger partial charge in [-0.05, 0) is 37.7 Å². The van der Waals surface area contributed by atoms with Crippen LogP contribution in [0.2, 0.25) is 0 Å². The molecular weight excluding hydrogens is 212 g/mol. The van der Waals surface area contributed by atoms with Crippen LogP contribution in [0.5, 0.6) is 0 Å². The van der Waals surface area contributed by atoms with E-state index in [1.54, 1.807) is 0 Å². The van der Waals surface area contributed by atoms with Gasteiger partial charge in [0, 0.05) is 24.8 Å². The molecule has 0 bridgehead atoms. The van der Waals surface area contributed by atoms with Gasteiger partial charge < -0.3 is 4.90 Å². The fourth-order valence-electron chi connectivity index (χ4n) is 2.68. The van der Waals surface area contributed by atoms with Crippen molar-refractivity contribution in [2.24, 2.45) is 0 Å². The first-order chi connectivity index (χ1) is 8.42. The van der Waals surface area contributed by atoms with E-state index in [1.165, 1.54) is 31.2 Å². The van der Waals surface area contributed by atoms with Crippen LogP contribution >= 0.6 is 0 Å². The number of rotatable bonds is 2. The van der Waals surface area contributed by atoms with Gasteiger partial charge in [0.15, 0.2) is 5.65 Å². The van der Waals surface area contributed by atoms with Crippen LogP contribution in [0.25, 0.3) is 5.65 Å². The van der Waals surface area contributed by atoms with E-state index in [1.807, 2.05) is 16.9 Å². The van der Waals surface area contributed by atoms with Crippen molar-refractivity contribution >= 4 is 11.5 Å². The number of hydrogen-bond acceptors (Lipinski definition) is 3. The van der Waals surface area contributed by atoms with Crippen LogP contribution in [-0.2, 0) is 0 Å². The molecule has 2 aromatic heterocycles. The number of aromatic nitrogens is 3. The van der Waals surface area contributed by atoms with Gasteiger partial charge in [0.2, 0.25) is 0 Å². The minimum Gasteiger partial charge on any atom is -0.357 e. The topological polar surface area (TPSA) is 33.4 Å². The fraction of sp³-hybridized carbons (Fsp3) is 0.538. The lowest BCUT2D eigenvalue weighted by Gasteiger charge is -2.16. The van der Waals surface area contributed by atoms with Crippen molar-refractivity contribution in [3.05, 3.63) is 24.0 Å². The average Bonchev–Trinajstić information content (AvgIpc) is 2.93. The largest absolute Gasteiger partial charge is 0.357 e. The minimum atomic E-state index is 0.717. The van der Waals surface area contributed by atoms with E-state index in [2.05, 4.69) is 16.1 Å². The van der Waals surface area contributed by atoms with Crippen LogP contribution in [0.3, 0.4) is 0 Å². The summed E-state index contributed by atoms with van der Waals surface area (Å²) in [7, 11) is 0. The van der Waals surface area contributed by atoms with Crippen LogP contribution < -0.4 is 4.90 Å². The number of nitrogens with zero attached hydrogens (tertiary/aromatic N) is 4. The standard InChI is InChI=1S/C13H16N4/c1-2-7-16(6-1)12-5-8-17-13(15-12)11(9-14-17)10-3-4-10/h5,8-10H,1-4,6-7H2. The van der Waals surface area contributed by atoms with Gasteiger partial charge in [0.1, 0.15) is 5.82 Å². The maximum absolute atomic E-state index is 4.80. The van der Waals surface area contributed by atoms with Gasteiger partial charge >= 0.3 is 0 Å². The molecule has 4 rings (SSSR count). The lowest BCUT2D eigenvalue weighted by molar-refractivity contribution is 0.898. The van der Waals surface area contributed by atoms with Gasteiger partial charge in [-0.15, -0.1) is 0 Å². The first-order valence-corrected chi connectivity index (χ1v) is 6.51. The molecule has 1 aliphatic heterocycles. The summed E-state index contributed by atoms with van der Waals surface area (Å²) in [6.07, 6.45) is 9.23. The summed E-state index contributed by atoms with van der Waals surface area (Å²) >= 11 is 0. The molecule has 4 nitrogen and oxygen atoms in total. The monoisotopic (exact) mass is 228 g/mol. The minimum absolute atomic E-state index is 0.717. The second kappa shape index (κ2) is 3.45. The highest BCUT2D eigenvalue weighted by molar-refractivity contribution is 5.55. The van der Waals surface area contributed by atoms with Gasteiger partial charge in [-0.25, -0.2) is 9.50 Å². The van der Waals surface area contributed by atoms with Crippen molar-refractivity contribution in [2.75, 3.05) is 18.0 Å². The molecule has 1 aliphatic carbocycles. The van der Waals surface area contributed by atoms with E-state index < -0.39 is 0 Å². The molecule has 0 amide bonds. The third-order valence-electron chi connectivity index (χ3n) is 3.83. The van der Waals surface area contributed by atoms with E-state index in [0.717, 1.165) is 24.6 Å². The Labute approximate surface area is 100 Å². The highest BCUT2D eigenvalue weighted by atomic mass is 15.3. The molecular formula is C13H16N4. The smallest absolute Gasteiger partial charge is 0.160 e. The Balaban J connectivity index is 1.80. The molecule has 0 atom stereocenters. The molecule has 0 N–H and O–H groups in total. The van der Waals surface area contributed by atoms with Crippen LogP contribution in [0, 0.1) is 0 Å². The van der Waals surface area contributed by atoms with Crippen molar-refractivity contribution in [3.63, 3.8) is 0 Å². The Bertz CT molecular complexity index is 550. The number of fused-ring (bicyclic) bond motifs is 1. The Morgan fingerprint density at radius 3 is 2.76 bits per heavy atom. The van der Waals surface area contributed by atoms with E-state index in [4.69, 9.17) is 4.98 Å². The van der Waals surface area contributed by atoms with Crippen LogP contribution in [0.4, 0.5) is 5.82 Å². The van der Waals surface area contributed by atoms with E-state index >= 15 is 0 Å². The van der Waals surface area contributed by atoms with Gasteiger partial charge in [0.25, 0.3) is 0 Å². The molecule has 0 aromatic carbocycles. The molecule has 4 heteroatoms. The van der Waals surface area contributed by atoms with Gasteiger partial charge in [-0.2, -0.15) is 5.10 Å². The number of anilines is 1. The second-order valence-corrected chi connectivity index (χ2v) is 5.12. The van der Waals surface area contributed by atoms with Crippen molar-refractivity contribution in [1.82, 2.24) is 14.6 Å². The molecule has 2 aliphatic rings. The SMILES string of the molecule is c1cn2ncc(C3CC3)c2nc1N1CCCC1. The normalized spacial score (nSPS) is 20.4. The highest BCUT2D eigenvalue weighted by Crippen LogP contribution is 2.41. The summed E-state index contributed by atoms with van der Waals surface area (Å²) in [6.45, 7) is 2.30. The van der Waals surface area contributed by atoms with Gasteiger partial charge in [-0.1, -0.05) is 0 Å². The third-order valence-corrected chi connectivity index (χ3v) is 3.83. The summed E-state index contributed by atoms with van der Waals surface area (Å²) in [6, 6.07) is 2.09. The quantitative estimate of drug-likeness (QED) is 0.790. The maximum atomic E-state index is 4.80. The number of hydrogen-bond donors (Lipinski definition) is 0. The van der Waals surface area contributed by atoms with Crippen molar-refractivity contribution in [2.45, 2.75) is 31.6 Å². The Kier molecular flexibility index (Phi) is 1.92. The van der Waals surface area contributed by atoms with Crippen LogP contribution in [-0.4, -0.2) is 27.7 Å². The second-order valence-electron chi connectivity index (χ2n) is 5.12. The van der Waals surface area contributed by atoms with Crippen molar-refractivity contribution in [1.29, 1.82) is 0 Å². The molecule has 17 heavy (non-hydrogen) atoms.